The van der Waals surface area contributed by atoms with E-state index >= 15 is 0 Å². The lowest BCUT2D eigenvalue weighted by Crippen LogP contribution is -2.13. The summed E-state index contributed by atoms with van der Waals surface area (Å²) in [5.41, 5.74) is 0.902. The van der Waals surface area contributed by atoms with Crippen LogP contribution in [0.15, 0.2) is 41.5 Å². The number of hydrogen-bond acceptors (Lipinski definition) is 4. The summed E-state index contributed by atoms with van der Waals surface area (Å²) in [5, 5.41) is 11.4. The average molecular weight is 388 g/mol. The molecule has 0 aliphatic rings. The number of alkyl halides is 3. The Morgan fingerprint density at radius 3 is 2.50 bits per heavy atom. The first-order valence-electron chi connectivity index (χ1n) is 8.41. The topological polar surface area (TPSA) is 92.2 Å². The Bertz CT molecular complexity index is 1190. The Morgan fingerprint density at radius 1 is 1.18 bits per heavy atom. The highest BCUT2D eigenvalue weighted by Gasteiger charge is 2.30. The number of halogens is 3. The second kappa shape index (κ2) is 6.32. The number of hydrogen-bond donors (Lipinski definition) is 2. The minimum absolute atomic E-state index is 0.297. The van der Waals surface area contributed by atoms with Crippen LogP contribution in [-0.4, -0.2) is 29.9 Å². The first-order valence-corrected chi connectivity index (χ1v) is 8.41. The fourth-order valence-electron chi connectivity index (χ4n) is 3.10. The molecule has 10 heteroatoms. The van der Waals surface area contributed by atoms with Crippen molar-refractivity contribution in [1.29, 1.82) is 0 Å². The standard InChI is InChI=1S/C18H15F3N6O/c1-9(11-3-5-13(6-4-11)18(19,20)21)27-16-14(17(28)25-10(2)24-16)15(26-27)12-7-22-23-8-12/h3-9H,1-2H3,(H,22,23)(H,24,25,28)/t9-/m1/s1. The molecule has 0 spiro atoms. The molecular formula is C18H15F3N6O. The first-order chi connectivity index (χ1) is 13.3. The van der Waals surface area contributed by atoms with Crippen LogP contribution in [0.1, 0.15) is 29.9 Å². The summed E-state index contributed by atoms with van der Waals surface area (Å²) in [7, 11) is 0. The Hall–Kier alpha value is -3.43. The maximum absolute atomic E-state index is 12.8. The van der Waals surface area contributed by atoms with E-state index in [2.05, 4.69) is 25.3 Å². The summed E-state index contributed by atoms with van der Waals surface area (Å²) in [6.45, 7) is 3.44. The van der Waals surface area contributed by atoms with Crippen LogP contribution in [0.4, 0.5) is 13.2 Å². The summed E-state index contributed by atoms with van der Waals surface area (Å²) in [5.74, 6) is 0.414. The summed E-state index contributed by atoms with van der Waals surface area (Å²) in [6, 6.07) is 4.41. The third kappa shape index (κ3) is 2.96. The molecule has 0 radical (unpaired) electrons. The van der Waals surface area contributed by atoms with E-state index < -0.39 is 17.8 Å². The van der Waals surface area contributed by atoms with E-state index in [-0.39, 0.29) is 5.56 Å². The van der Waals surface area contributed by atoms with E-state index in [1.165, 1.54) is 18.3 Å². The predicted octanol–water partition coefficient (Wildman–Crippen LogP) is 3.45. The third-order valence-corrected chi connectivity index (χ3v) is 4.54. The van der Waals surface area contributed by atoms with Gasteiger partial charge in [0.25, 0.3) is 5.56 Å². The molecule has 0 unspecified atom stereocenters. The maximum atomic E-state index is 12.8. The van der Waals surface area contributed by atoms with Crippen molar-refractivity contribution in [2.45, 2.75) is 26.1 Å². The van der Waals surface area contributed by atoms with Gasteiger partial charge in [-0.1, -0.05) is 12.1 Å². The smallest absolute Gasteiger partial charge is 0.310 e. The zero-order valence-electron chi connectivity index (χ0n) is 14.9. The Labute approximate surface area is 156 Å². The van der Waals surface area contributed by atoms with Gasteiger partial charge in [0.05, 0.1) is 17.8 Å². The van der Waals surface area contributed by atoms with Gasteiger partial charge in [0, 0.05) is 11.8 Å². The molecule has 0 saturated carbocycles. The lowest BCUT2D eigenvalue weighted by molar-refractivity contribution is -0.137. The van der Waals surface area contributed by atoms with E-state index in [9.17, 15) is 18.0 Å². The molecule has 3 heterocycles. The number of benzene rings is 1. The number of H-pyrrole nitrogens is 2. The zero-order valence-corrected chi connectivity index (χ0v) is 14.9. The van der Waals surface area contributed by atoms with E-state index in [0.717, 1.165) is 12.1 Å². The van der Waals surface area contributed by atoms with Crippen molar-refractivity contribution in [2.24, 2.45) is 0 Å². The molecule has 0 aliphatic carbocycles. The molecule has 3 aromatic heterocycles. The van der Waals surface area contributed by atoms with Crippen LogP contribution in [0.25, 0.3) is 22.3 Å². The molecule has 4 rings (SSSR count). The lowest BCUT2D eigenvalue weighted by Gasteiger charge is -2.15. The van der Waals surface area contributed by atoms with Crippen molar-refractivity contribution in [3.8, 4) is 11.3 Å². The Morgan fingerprint density at radius 2 is 1.89 bits per heavy atom. The van der Waals surface area contributed by atoms with Gasteiger partial charge in [-0.2, -0.15) is 23.4 Å². The van der Waals surface area contributed by atoms with Crippen molar-refractivity contribution < 1.29 is 13.2 Å². The molecule has 0 saturated heterocycles. The molecule has 1 atom stereocenters. The second-order valence-electron chi connectivity index (χ2n) is 6.43. The zero-order chi connectivity index (χ0) is 20.1. The number of aromatic amines is 2. The van der Waals surface area contributed by atoms with Gasteiger partial charge in [0.1, 0.15) is 16.9 Å². The summed E-state index contributed by atoms with van der Waals surface area (Å²) < 4.78 is 40.0. The van der Waals surface area contributed by atoms with Crippen LogP contribution in [-0.2, 0) is 6.18 Å². The summed E-state index contributed by atoms with van der Waals surface area (Å²) >= 11 is 0. The molecule has 144 valence electrons. The molecule has 1 aromatic carbocycles. The van der Waals surface area contributed by atoms with Crippen molar-refractivity contribution in [2.75, 3.05) is 0 Å². The molecule has 0 aliphatic heterocycles. The van der Waals surface area contributed by atoms with E-state index in [0.29, 0.717) is 33.7 Å². The number of aromatic nitrogens is 6. The van der Waals surface area contributed by atoms with Gasteiger partial charge in [-0.3, -0.25) is 9.89 Å². The van der Waals surface area contributed by atoms with Gasteiger partial charge in [-0.05, 0) is 31.5 Å². The summed E-state index contributed by atoms with van der Waals surface area (Å²) in [6.07, 6.45) is -1.26. The van der Waals surface area contributed by atoms with Crippen LogP contribution in [0.2, 0.25) is 0 Å². The highest BCUT2D eigenvalue weighted by molar-refractivity contribution is 5.90. The van der Waals surface area contributed by atoms with E-state index in [4.69, 9.17) is 0 Å². The lowest BCUT2D eigenvalue weighted by atomic mass is 10.1. The van der Waals surface area contributed by atoms with Crippen LogP contribution in [0.5, 0.6) is 0 Å². The summed E-state index contributed by atoms with van der Waals surface area (Å²) in [4.78, 5) is 19.6. The molecule has 7 nitrogen and oxygen atoms in total. The molecular weight excluding hydrogens is 373 g/mol. The average Bonchev–Trinajstić information content (AvgIpc) is 3.28. The number of nitrogens with one attached hydrogen (secondary N) is 2. The quantitative estimate of drug-likeness (QED) is 0.562. The number of aryl methyl sites for hydroxylation is 1. The monoisotopic (exact) mass is 388 g/mol. The normalized spacial score (nSPS) is 13.2. The largest absolute Gasteiger partial charge is 0.416 e. The maximum Gasteiger partial charge on any atom is 0.416 e. The van der Waals surface area contributed by atoms with Crippen molar-refractivity contribution in [1.82, 2.24) is 29.9 Å². The van der Waals surface area contributed by atoms with Gasteiger partial charge in [-0.15, -0.1) is 0 Å². The molecule has 4 aromatic rings. The van der Waals surface area contributed by atoms with Crippen molar-refractivity contribution in [3.05, 3.63) is 64.0 Å². The minimum Gasteiger partial charge on any atom is -0.310 e. The molecule has 0 bridgehead atoms. The molecule has 28 heavy (non-hydrogen) atoms. The Balaban J connectivity index is 1.88. The van der Waals surface area contributed by atoms with Crippen molar-refractivity contribution in [3.63, 3.8) is 0 Å². The molecule has 2 N–H and O–H groups in total. The van der Waals surface area contributed by atoms with Crippen LogP contribution in [0.3, 0.4) is 0 Å². The van der Waals surface area contributed by atoms with Gasteiger partial charge < -0.3 is 4.98 Å². The van der Waals surface area contributed by atoms with Crippen LogP contribution < -0.4 is 5.56 Å². The minimum atomic E-state index is -4.40. The second-order valence-corrected chi connectivity index (χ2v) is 6.43. The van der Waals surface area contributed by atoms with Gasteiger partial charge in [-0.25, -0.2) is 9.67 Å². The van der Waals surface area contributed by atoms with Gasteiger partial charge >= 0.3 is 6.18 Å². The number of fused-ring (bicyclic) bond motifs is 1. The van der Waals surface area contributed by atoms with Gasteiger partial charge in [0.2, 0.25) is 0 Å². The van der Waals surface area contributed by atoms with E-state index in [1.807, 2.05) is 0 Å². The predicted molar refractivity (Wildman–Crippen MR) is 95.7 cm³/mol. The highest BCUT2D eigenvalue weighted by atomic mass is 19.4. The third-order valence-electron chi connectivity index (χ3n) is 4.54. The van der Waals surface area contributed by atoms with Crippen LogP contribution >= 0.6 is 0 Å². The number of rotatable bonds is 3. The fraction of sp³-hybridized carbons (Fsp3) is 0.222. The van der Waals surface area contributed by atoms with Crippen molar-refractivity contribution >= 4 is 11.0 Å². The fourth-order valence-corrected chi connectivity index (χ4v) is 3.10. The highest BCUT2D eigenvalue weighted by Crippen LogP contribution is 2.32. The SMILES string of the molecule is Cc1nc2c(c(-c3cn[nH]c3)nn2[C@H](C)c2ccc(C(F)(F)F)cc2)c(=O)[nH]1. The van der Waals surface area contributed by atoms with E-state index in [1.54, 1.807) is 24.7 Å². The molecule has 0 fully saturated rings. The Kier molecular flexibility index (Phi) is 4.06. The molecule has 0 amide bonds. The number of nitrogens with zero attached hydrogens (tertiary/aromatic N) is 4. The first kappa shape index (κ1) is 18.0. The van der Waals surface area contributed by atoms with Gasteiger partial charge in [0.15, 0.2) is 5.65 Å². The van der Waals surface area contributed by atoms with Crippen LogP contribution in [0, 0.1) is 6.92 Å².